The molecule has 0 saturated carbocycles. The lowest BCUT2D eigenvalue weighted by Crippen LogP contribution is -2.37. The molecule has 0 atom stereocenters. The zero-order valence-electron chi connectivity index (χ0n) is 9.05. The van der Waals surface area contributed by atoms with Crippen LogP contribution in [0.5, 0.6) is 0 Å². The molecule has 0 unspecified atom stereocenters. The van der Waals surface area contributed by atoms with Crippen molar-refractivity contribution < 1.29 is 0 Å². The Kier molecular flexibility index (Phi) is 5.14. The molecule has 0 heterocycles. The number of hydrogen-bond acceptors (Lipinski definition) is 1. The number of nitrogens with one attached hydrogen (secondary N) is 1. The van der Waals surface area contributed by atoms with Crippen LogP contribution in [-0.4, -0.2) is 12.1 Å². The van der Waals surface area contributed by atoms with E-state index in [1.165, 1.54) is 38.5 Å². The molecule has 1 aliphatic rings. The number of allylic oxidation sites excluding steroid dienone is 2. The third-order valence-corrected chi connectivity index (χ3v) is 2.99. The van der Waals surface area contributed by atoms with E-state index in [1.54, 1.807) is 0 Å². The average Bonchev–Trinajstić information content (AvgIpc) is 2.42. The van der Waals surface area contributed by atoms with Crippen LogP contribution in [0.4, 0.5) is 0 Å². The molecular weight excluding hydrogens is 158 g/mol. The third-order valence-electron chi connectivity index (χ3n) is 2.99. The predicted molar refractivity (Wildman–Crippen MR) is 58.9 cm³/mol. The SMILES string of the molecule is CCC(CC)NC1CCC=CCC1. The van der Waals surface area contributed by atoms with Crippen LogP contribution in [0.3, 0.4) is 0 Å². The van der Waals surface area contributed by atoms with Crippen molar-refractivity contribution in [2.24, 2.45) is 0 Å². The first-order valence-electron chi connectivity index (χ1n) is 5.77. The normalized spacial score (nSPS) is 19.3. The van der Waals surface area contributed by atoms with Crippen LogP contribution in [-0.2, 0) is 0 Å². The van der Waals surface area contributed by atoms with Gasteiger partial charge in [-0.3, -0.25) is 0 Å². The Bertz CT molecular complexity index is 137. The fourth-order valence-electron chi connectivity index (χ4n) is 2.00. The molecule has 0 fully saturated rings. The summed E-state index contributed by atoms with van der Waals surface area (Å²) in [7, 11) is 0. The molecule has 0 radical (unpaired) electrons. The van der Waals surface area contributed by atoms with Gasteiger partial charge in [-0.25, -0.2) is 0 Å². The lowest BCUT2D eigenvalue weighted by Gasteiger charge is -2.22. The van der Waals surface area contributed by atoms with Crippen LogP contribution < -0.4 is 5.32 Å². The maximum atomic E-state index is 3.76. The van der Waals surface area contributed by atoms with E-state index in [0.29, 0.717) is 0 Å². The molecule has 76 valence electrons. The summed E-state index contributed by atoms with van der Waals surface area (Å²) < 4.78 is 0. The van der Waals surface area contributed by atoms with E-state index in [-0.39, 0.29) is 0 Å². The summed E-state index contributed by atoms with van der Waals surface area (Å²) in [5, 5.41) is 3.76. The summed E-state index contributed by atoms with van der Waals surface area (Å²) >= 11 is 0. The van der Waals surface area contributed by atoms with Gasteiger partial charge in [-0.05, 0) is 38.5 Å². The quantitative estimate of drug-likeness (QED) is 0.656. The van der Waals surface area contributed by atoms with Gasteiger partial charge in [0.05, 0.1) is 0 Å². The first kappa shape index (κ1) is 10.8. The van der Waals surface area contributed by atoms with E-state index < -0.39 is 0 Å². The van der Waals surface area contributed by atoms with Crippen LogP contribution in [0.15, 0.2) is 12.2 Å². The minimum Gasteiger partial charge on any atom is -0.311 e. The summed E-state index contributed by atoms with van der Waals surface area (Å²) in [4.78, 5) is 0. The van der Waals surface area contributed by atoms with Crippen LogP contribution in [0.25, 0.3) is 0 Å². The van der Waals surface area contributed by atoms with Gasteiger partial charge in [0.25, 0.3) is 0 Å². The largest absolute Gasteiger partial charge is 0.311 e. The Morgan fingerprint density at radius 3 is 2.15 bits per heavy atom. The molecule has 0 bridgehead atoms. The smallest absolute Gasteiger partial charge is 0.00755 e. The molecule has 1 rings (SSSR count). The van der Waals surface area contributed by atoms with Crippen LogP contribution >= 0.6 is 0 Å². The first-order valence-corrected chi connectivity index (χ1v) is 5.77. The zero-order valence-corrected chi connectivity index (χ0v) is 9.05. The fourth-order valence-corrected chi connectivity index (χ4v) is 2.00. The fraction of sp³-hybridized carbons (Fsp3) is 0.833. The second-order valence-electron chi connectivity index (χ2n) is 4.00. The van der Waals surface area contributed by atoms with Crippen molar-refractivity contribution in [3.8, 4) is 0 Å². The van der Waals surface area contributed by atoms with Crippen molar-refractivity contribution in [3.63, 3.8) is 0 Å². The monoisotopic (exact) mass is 181 g/mol. The van der Waals surface area contributed by atoms with E-state index in [2.05, 4.69) is 31.3 Å². The molecule has 1 nitrogen and oxygen atoms in total. The molecule has 13 heavy (non-hydrogen) atoms. The highest BCUT2D eigenvalue weighted by molar-refractivity contribution is 4.89. The van der Waals surface area contributed by atoms with Crippen molar-refractivity contribution in [2.75, 3.05) is 0 Å². The molecule has 0 saturated heterocycles. The van der Waals surface area contributed by atoms with Gasteiger partial charge in [0.2, 0.25) is 0 Å². The van der Waals surface area contributed by atoms with Gasteiger partial charge >= 0.3 is 0 Å². The Morgan fingerprint density at radius 2 is 1.69 bits per heavy atom. The van der Waals surface area contributed by atoms with E-state index in [4.69, 9.17) is 0 Å². The Morgan fingerprint density at radius 1 is 1.15 bits per heavy atom. The van der Waals surface area contributed by atoms with Gasteiger partial charge in [0, 0.05) is 12.1 Å². The van der Waals surface area contributed by atoms with Crippen molar-refractivity contribution in [3.05, 3.63) is 12.2 Å². The highest BCUT2D eigenvalue weighted by atomic mass is 14.9. The second kappa shape index (κ2) is 6.20. The summed E-state index contributed by atoms with van der Waals surface area (Å²) in [5.74, 6) is 0. The first-order chi connectivity index (χ1) is 6.36. The summed E-state index contributed by atoms with van der Waals surface area (Å²) in [6, 6.07) is 1.50. The van der Waals surface area contributed by atoms with Crippen molar-refractivity contribution in [1.29, 1.82) is 0 Å². The minimum absolute atomic E-state index is 0.739. The minimum atomic E-state index is 0.739. The average molecular weight is 181 g/mol. The molecule has 1 aliphatic carbocycles. The molecular formula is C12H23N. The second-order valence-corrected chi connectivity index (χ2v) is 4.00. The Balaban J connectivity index is 2.26. The maximum absolute atomic E-state index is 3.76. The van der Waals surface area contributed by atoms with Gasteiger partial charge in [-0.2, -0.15) is 0 Å². The Hall–Kier alpha value is -0.300. The summed E-state index contributed by atoms with van der Waals surface area (Å²) in [6.07, 6.45) is 12.4. The van der Waals surface area contributed by atoms with E-state index >= 15 is 0 Å². The molecule has 0 spiro atoms. The predicted octanol–water partition coefficient (Wildman–Crippen LogP) is 3.26. The highest BCUT2D eigenvalue weighted by Gasteiger charge is 2.12. The molecule has 0 amide bonds. The molecule has 0 aromatic rings. The molecule has 0 aliphatic heterocycles. The summed E-state index contributed by atoms with van der Waals surface area (Å²) in [5.41, 5.74) is 0. The molecule has 0 aromatic heterocycles. The van der Waals surface area contributed by atoms with Gasteiger partial charge < -0.3 is 5.32 Å². The lowest BCUT2D eigenvalue weighted by molar-refractivity contribution is 0.381. The highest BCUT2D eigenvalue weighted by Crippen LogP contribution is 2.13. The van der Waals surface area contributed by atoms with Gasteiger partial charge in [-0.15, -0.1) is 0 Å². The van der Waals surface area contributed by atoms with E-state index in [0.717, 1.165) is 12.1 Å². The third kappa shape index (κ3) is 3.95. The number of rotatable bonds is 4. The van der Waals surface area contributed by atoms with Crippen LogP contribution in [0, 0.1) is 0 Å². The van der Waals surface area contributed by atoms with Gasteiger partial charge in [0.15, 0.2) is 0 Å². The van der Waals surface area contributed by atoms with Gasteiger partial charge in [-0.1, -0.05) is 26.0 Å². The van der Waals surface area contributed by atoms with Gasteiger partial charge in [0.1, 0.15) is 0 Å². The van der Waals surface area contributed by atoms with Crippen LogP contribution in [0.1, 0.15) is 52.4 Å². The maximum Gasteiger partial charge on any atom is 0.00755 e. The van der Waals surface area contributed by atoms with Crippen molar-refractivity contribution in [2.45, 2.75) is 64.5 Å². The zero-order chi connectivity index (χ0) is 9.52. The van der Waals surface area contributed by atoms with E-state index in [1.807, 2.05) is 0 Å². The Labute approximate surface area is 82.6 Å². The summed E-state index contributed by atoms with van der Waals surface area (Å²) in [6.45, 7) is 4.55. The van der Waals surface area contributed by atoms with Crippen LogP contribution in [0.2, 0.25) is 0 Å². The standard InChI is InChI=1S/C12H23N/c1-3-11(4-2)13-12-9-7-5-6-8-10-12/h5-6,11-13H,3-4,7-10H2,1-2H3. The topological polar surface area (TPSA) is 12.0 Å². The van der Waals surface area contributed by atoms with Crippen molar-refractivity contribution >= 4 is 0 Å². The lowest BCUT2D eigenvalue weighted by atomic mass is 10.1. The van der Waals surface area contributed by atoms with Crippen molar-refractivity contribution in [1.82, 2.24) is 5.32 Å². The molecule has 0 aromatic carbocycles. The number of hydrogen-bond donors (Lipinski definition) is 1. The van der Waals surface area contributed by atoms with E-state index in [9.17, 15) is 0 Å². The molecule has 1 heteroatoms. The molecule has 1 N–H and O–H groups in total.